The van der Waals surface area contributed by atoms with Gasteiger partial charge < -0.3 is 9.64 Å². The number of amides is 1. The van der Waals surface area contributed by atoms with Crippen molar-refractivity contribution in [2.45, 2.75) is 6.10 Å². The highest BCUT2D eigenvalue weighted by Crippen LogP contribution is 2.26. The van der Waals surface area contributed by atoms with Gasteiger partial charge in [-0.25, -0.2) is 13.8 Å². The van der Waals surface area contributed by atoms with Crippen LogP contribution in [0.25, 0.3) is 0 Å². The lowest BCUT2D eigenvalue weighted by Crippen LogP contribution is -2.38. The number of morpholine rings is 1. The van der Waals surface area contributed by atoms with Crippen LogP contribution in [0, 0.1) is 11.6 Å². The third-order valence-corrected chi connectivity index (χ3v) is 4.90. The summed E-state index contributed by atoms with van der Waals surface area (Å²) in [6.07, 6.45) is 1.08. The van der Waals surface area contributed by atoms with Crippen LogP contribution >= 0.6 is 11.3 Å². The van der Waals surface area contributed by atoms with Crippen LogP contribution in [0.4, 0.5) is 19.7 Å². The first-order chi connectivity index (χ1) is 13.6. The highest BCUT2D eigenvalue weighted by molar-refractivity contribution is 7.13. The molecule has 0 spiro atoms. The van der Waals surface area contributed by atoms with Crippen LogP contribution in [0.3, 0.4) is 0 Å². The molecule has 3 heterocycles. The van der Waals surface area contributed by atoms with Crippen molar-refractivity contribution in [3.63, 3.8) is 0 Å². The van der Waals surface area contributed by atoms with Gasteiger partial charge in [-0.1, -0.05) is 17.4 Å². The van der Waals surface area contributed by atoms with Crippen molar-refractivity contribution in [1.29, 1.82) is 0 Å². The fourth-order valence-electron chi connectivity index (χ4n) is 2.88. The smallest absolute Gasteiger partial charge is 0.259 e. The van der Waals surface area contributed by atoms with Gasteiger partial charge in [0.05, 0.1) is 12.2 Å². The molecule has 1 atom stereocenters. The number of carbonyl (C=O) groups is 1. The van der Waals surface area contributed by atoms with Crippen molar-refractivity contribution in [1.82, 2.24) is 15.2 Å². The third kappa shape index (κ3) is 3.97. The number of anilines is 2. The molecule has 7 nitrogen and oxygen atoms in total. The molecule has 0 aliphatic carbocycles. The Hall–Kier alpha value is -2.98. The summed E-state index contributed by atoms with van der Waals surface area (Å²) in [5.41, 5.74) is 2.49. The maximum absolute atomic E-state index is 13.5. The summed E-state index contributed by atoms with van der Waals surface area (Å²) in [5.74, 6) is -1.44. The summed E-state index contributed by atoms with van der Waals surface area (Å²) in [4.78, 5) is 18.5. The Morgan fingerprint density at radius 1 is 1.25 bits per heavy atom. The van der Waals surface area contributed by atoms with Crippen LogP contribution in [0.2, 0.25) is 0 Å². The molecule has 1 aliphatic heterocycles. The highest BCUT2D eigenvalue weighted by atomic mass is 32.1. The average Bonchev–Trinajstić information content (AvgIpc) is 3.23. The number of nitrogens with one attached hydrogen (secondary N) is 1. The van der Waals surface area contributed by atoms with E-state index in [0.717, 1.165) is 12.1 Å². The van der Waals surface area contributed by atoms with E-state index in [1.54, 1.807) is 12.1 Å². The minimum absolute atomic E-state index is 0.322. The van der Waals surface area contributed by atoms with Gasteiger partial charge in [0.15, 0.2) is 11.6 Å². The quantitative estimate of drug-likeness (QED) is 0.721. The zero-order valence-electron chi connectivity index (χ0n) is 14.5. The number of hydrogen-bond acceptors (Lipinski definition) is 7. The molecule has 1 unspecified atom stereocenters. The van der Waals surface area contributed by atoms with Gasteiger partial charge in [0.2, 0.25) is 5.13 Å². The lowest BCUT2D eigenvalue weighted by Gasteiger charge is -2.34. The molecule has 1 aromatic carbocycles. The number of hydrogen-bond donors (Lipinski definition) is 1. The first-order valence-electron chi connectivity index (χ1n) is 8.45. The van der Waals surface area contributed by atoms with Crippen LogP contribution < -0.4 is 10.2 Å². The molecule has 1 saturated heterocycles. The predicted octanol–water partition coefficient (Wildman–Crippen LogP) is 3.04. The largest absolute Gasteiger partial charge is 0.370 e. The van der Waals surface area contributed by atoms with Crippen molar-refractivity contribution in [2.24, 2.45) is 0 Å². The summed E-state index contributed by atoms with van der Waals surface area (Å²) >= 11 is 1.22. The third-order valence-electron chi connectivity index (χ3n) is 4.30. The molecule has 1 amide bonds. The van der Waals surface area contributed by atoms with Crippen LogP contribution in [0.5, 0.6) is 0 Å². The van der Waals surface area contributed by atoms with Gasteiger partial charge in [0, 0.05) is 19.3 Å². The molecule has 144 valence electrons. The molecule has 10 heteroatoms. The zero-order valence-corrected chi connectivity index (χ0v) is 15.3. The van der Waals surface area contributed by atoms with Crippen LogP contribution in [-0.4, -0.2) is 40.8 Å². The Morgan fingerprint density at radius 2 is 2.14 bits per heavy atom. The summed E-state index contributed by atoms with van der Waals surface area (Å²) in [5, 5.41) is 10.5. The van der Waals surface area contributed by atoms with Crippen LogP contribution in [-0.2, 0) is 4.74 Å². The number of halogens is 2. The fourth-order valence-corrected chi connectivity index (χ4v) is 3.32. The van der Waals surface area contributed by atoms with E-state index in [0.29, 0.717) is 41.8 Å². The van der Waals surface area contributed by atoms with Gasteiger partial charge >= 0.3 is 0 Å². The number of carbonyl (C=O) groups excluding carboxylic acids is 1. The van der Waals surface area contributed by atoms with E-state index in [1.807, 2.05) is 4.90 Å². The molecule has 0 saturated carbocycles. The maximum Gasteiger partial charge on any atom is 0.259 e. The van der Waals surface area contributed by atoms with E-state index < -0.39 is 17.7 Å². The van der Waals surface area contributed by atoms with E-state index in [4.69, 9.17) is 4.74 Å². The summed E-state index contributed by atoms with van der Waals surface area (Å²) in [7, 11) is 0. The first kappa shape index (κ1) is 18.4. The molecular weight excluding hydrogens is 388 g/mol. The normalized spacial score (nSPS) is 16.8. The lowest BCUT2D eigenvalue weighted by molar-refractivity contribution is 0.0392. The maximum atomic E-state index is 13.5. The Balaban J connectivity index is 1.44. The molecule has 1 fully saturated rings. The van der Waals surface area contributed by atoms with Gasteiger partial charge in [-0.2, -0.15) is 0 Å². The second-order valence-corrected chi connectivity index (χ2v) is 6.92. The highest BCUT2D eigenvalue weighted by Gasteiger charge is 2.24. The molecule has 28 heavy (non-hydrogen) atoms. The topological polar surface area (TPSA) is 80.2 Å². The van der Waals surface area contributed by atoms with Crippen LogP contribution in [0.1, 0.15) is 22.0 Å². The van der Waals surface area contributed by atoms with Gasteiger partial charge in [-0.15, -0.1) is 10.2 Å². The van der Waals surface area contributed by atoms with Gasteiger partial charge in [-0.05, 0) is 29.8 Å². The summed E-state index contributed by atoms with van der Waals surface area (Å²) in [6, 6.07) is 7.17. The van der Waals surface area contributed by atoms with E-state index in [9.17, 15) is 13.6 Å². The lowest BCUT2D eigenvalue weighted by atomic mass is 10.1. The Morgan fingerprint density at radius 3 is 2.86 bits per heavy atom. The summed E-state index contributed by atoms with van der Waals surface area (Å²) in [6.45, 7) is 1.46. The molecule has 2 aromatic heterocycles. The van der Waals surface area contributed by atoms with E-state index in [-0.39, 0.29) is 5.91 Å². The van der Waals surface area contributed by atoms with Crippen molar-refractivity contribution >= 4 is 28.2 Å². The number of benzene rings is 1. The molecule has 1 aliphatic rings. The van der Waals surface area contributed by atoms with Gasteiger partial charge in [-0.3, -0.25) is 10.1 Å². The minimum atomic E-state index is -0.901. The van der Waals surface area contributed by atoms with Crippen molar-refractivity contribution in [3.8, 4) is 0 Å². The van der Waals surface area contributed by atoms with Gasteiger partial charge in [0.1, 0.15) is 17.4 Å². The Bertz CT molecular complexity index is 969. The fraction of sp³-hybridized carbons (Fsp3) is 0.222. The Labute approximate surface area is 163 Å². The summed E-state index contributed by atoms with van der Waals surface area (Å²) < 4.78 is 32.4. The monoisotopic (exact) mass is 403 g/mol. The number of nitrogens with zero attached hydrogens (tertiary/aromatic N) is 4. The van der Waals surface area contributed by atoms with Crippen molar-refractivity contribution < 1.29 is 18.3 Å². The molecule has 1 N–H and O–H groups in total. The number of rotatable bonds is 4. The predicted molar refractivity (Wildman–Crippen MR) is 99.4 cm³/mol. The molecule has 0 bridgehead atoms. The molecule has 0 radical (unpaired) electrons. The average molecular weight is 403 g/mol. The molecule has 3 aromatic rings. The van der Waals surface area contributed by atoms with E-state index >= 15 is 0 Å². The first-order valence-corrected chi connectivity index (χ1v) is 9.33. The molecular formula is C18H15F2N5O2S. The van der Waals surface area contributed by atoms with Gasteiger partial charge in [0.25, 0.3) is 5.91 Å². The second kappa shape index (κ2) is 7.95. The van der Waals surface area contributed by atoms with Crippen LogP contribution in [0.15, 0.2) is 42.0 Å². The van der Waals surface area contributed by atoms with Crippen molar-refractivity contribution in [2.75, 3.05) is 29.9 Å². The SMILES string of the molecule is O=C(Nc1nncs1)c1ccc(N2CCOC(c3ccc(F)c(F)c3)C2)nc1. The van der Waals surface area contributed by atoms with E-state index in [2.05, 4.69) is 20.5 Å². The number of pyridine rings is 1. The zero-order chi connectivity index (χ0) is 19.5. The Kier molecular flexibility index (Phi) is 5.22. The standard InChI is InChI=1S/C18H15F2N5O2S/c19-13-3-1-11(7-14(13)20)15-9-25(5-6-27-15)16-4-2-12(8-21-16)17(26)23-18-24-22-10-28-18/h1-4,7-8,10,15H,5-6,9H2,(H,23,24,26). The minimum Gasteiger partial charge on any atom is -0.370 e. The van der Waals surface area contributed by atoms with E-state index in [1.165, 1.54) is 29.1 Å². The number of ether oxygens (including phenoxy) is 1. The second-order valence-electron chi connectivity index (χ2n) is 6.08. The van der Waals surface area contributed by atoms with Crippen molar-refractivity contribution in [3.05, 3.63) is 64.8 Å². The molecule has 4 rings (SSSR count). The number of aromatic nitrogens is 3.